The highest BCUT2D eigenvalue weighted by molar-refractivity contribution is 5.95. The maximum absolute atomic E-state index is 13.8. The van der Waals surface area contributed by atoms with Gasteiger partial charge in [0.05, 0.1) is 16.8 Å². The van der Waals surface area contributed by atoms with Crippen molar-refractivity contribution in [3.05, 3.63) is 64.7 Å². The Kier molecular flexibility index (Phi) is 5.23. The molecule has 1 saturated heterocycles. The van der Waals surface area contributed by atoms with Crippen molar-refractivity contribution >= 4 is 11.6 Å². The van der Waals surface area contributed by atoms with Gasteiger partial charge in [0, 0.05) is 26.2 Å². The van der Waals surface area contributed by atoms with Crippen molar-refractivity contribution in [3.63, 3.8) is 0 Å². The second-order valence-electron chi connectivity index (χ2n) is 6.22. The Balaban J connectivity index is 1.76. The lowest BCUT2D eigenvalue weighted by atomic mass is 10.1. The lowest BCUT2D eigenvalue weighted by molar-refractivity contribution is -0.137. The molecule has 1 amide bonds. The molecular formula is C19H14F5N3O. The third-order valence-corrected chi connectivity index (χ3v) is 4.53. The molecule has 3 rings (SSSR count). The normalized spacial score (nSPS) is 14.7. The lowest BCUT2D eigenvalue weighted by Gasteiger charge is -2.36. The van der Waals surface area contributed by atoms with Crippen LogP contribution in [0.2, 0.25) is 0 Å². The van der Waals surface area contributed by atoms with Crippen LogP contribution in [0.15, 0.2) is 36.4 Å². The van der Waals surface area contributed by atoms with Gasteiger partial charge in [-0.2, -0.15) is 18.4 Å². The molecule has 2 aromatic rings. The number of carbonyl (C=O) groups excluding carboxylic acids is 1. The third-order valence-electron chi connectivity index (χ3n) is 4.53. The topological polar surface area (TPSA) is 47.3 Å². The molecule has 1 fully saturated rings. The summed E-state index contributed by atoms with van der Waals surface area (Å²) >= 11 is 0. The van der Waals surface area contributed by atoms with Gasteiger partial charge in [-0.1, -0.05) is 6.07 Å². The molecule has 0 unspecified atom stereocenters. The number of hydrogen-bond donors (Lipinski definition) is 0. The van der Waals surface area contributed by atoms with Gasteiger partial charge in [-0.15, -0.1) is 0 Å². The SMILES string of the molecule is N#Cc1cc(C(F)(F)F)ccc1N1CCN(C(=O)c2c(F)cccc2F)CC1. The molecule has 9 heteroatoms. The van der Waals surface area contributed by atoms with Gasteiger partial charge in [-0.25, -0.2) is 8.78 Å². The summed E-state index contributed by atoms with van der Waals surface area (Å²) in [6, 6.07) is 7.80. The number of piperazine rings is 1. The Morgan fingerprint density at radius 2 is 1.61 bits per heavy atom. The number of carbonyl (C=O) groups is 1. The van der Waals surface area contributed by atoms with E-state index in [1.54, 1.807) is 11.0 Å². The fourth-order valence-electron chi connectivity index (χ4n) is 3.09. The molecule has 1 heterocycles. The second kappa shape index (κ2) is 7.46. The van der Waals surface area contributed by atoms with E-state index in [0.717, 1.165) is 30.3 Å². The molecule has 0 atom stereocenters. The maximum Gasteiger partial charge on any atom is 0.416 e. The Hall–Kier alpha value is -3.15. The van der Waals surface area contributed by atoms with E-state index in [2.05, 4.69) is 0 Å². The van der Waals surface area contributed by atoms with Crippen molar-refractivity contribution in [2.24, 2.45) is 0 Å². The molecule has 1 aliphatic rings. The van der Waals surface area contributed by atoms with Crippen LogP contribution in [0.5, 0.6) is 0 Å². The number of nitrogens with zero attached hydrogens (tertiary/aromatic N) is 3. The molecule has 28 heavy (non-hydrogen) atoms. The average molecular weight is 395 g/mol. The first kappa shape index (κ1) is 19.6. The molecule has 0 aromatic heterocycles. The van der Waals surface area contributed by atoms with E-state index in [0.29, 0.717) is 5.69 Å². The summed E-state index contributed by atoms with van der Waals surface area (Å²) in [5.74, 6) is -2.70. The van der Waals surface area contributed by atoms with Crippen LogP contribution in [0.1, 0.15) is 21.5 Å². The smallest absolute Gasteiger partial charge is 0.367 e. The average Bonchev–Trinajstić information content (AvgIpc) is 2.66. The predicted octanol–water partition coefficient (Wildman–Crippen LogP) is 3.82. The van der Waals surface area contributed by atoms with Crippen LogP contribution in [-0.2, 0) is 6.18 Å². The van der Waals surface area contributed by atoms with Crippen LogP contribution in [-0.4, -0.2) is 37.0 Å². The number of halogens is 5. The number of hydrogen-bond acceptors (Lipinski definition) is 3. The molecule has 0 N–H and O–H groups in total. The van der Waals surface area contributed by atoms with Crippen LogP contribution in [0.3, 0.4) is 0 Å². The Labute approximate surface area is 157 Å². The van der Waals surface area contributed by atoms with E-state index in [4.69, 9.17) is 0 Å². The highest BCUT2D eigenvalue weighted by atomic mass is 19.4. The molecule has 0 bridgehead atoms. The standard InChI is InChI=1S/C19H14F5N3O/c20-14-2-1-3-15(21)17(14)18(28)27-8-6-26(7-9-27)16-5-4-13(19(22,23)24)10-12(16)11-25/h1-5,10H,6-9H2. The van der Waals surface area contributed by atoms with E-state index in [1.807, 2.05) is 0 Å². The van der Waals surface area contributed by atoms with E-state index in [9.17, 15) is 32.0 Å². The highest BCUT2D eigenvalue weighted by Crippen LogP contribution is 2.33. The molecular weight excluding hydrogens is 381 g/mol. The van der Waals surface area contributed by atoms with Crippen molar-refractivity contribution in [2.45, 2.75) is 6.18 Å². The Bertz CT molecular complexity index is 923. The molecule has 0 spiro atoms. The van der Waals surface area contributed by atoms with Crippen LogP contribution in [0.25, 0.3) is 0 Å². The number of amides is 1. The van der Waals surface area contributed by atoms with Crippen LogP contribution in [0.4, 0.5) is 27.6 Å². The van der Waals surface area contributed by atoms with Gasteiger partial charge < -0.3 is 9.80 Å². The first-order valence-corrected chi connectivity index (χ1v) is 8.32. The summed E-state index contributed by atoms with van der Waals surface area (Å²) in [4.78, 5) is 15.4. The van der Waals surface area contributed by atoms with Gasteiger partial charge in [-0.05, 0) is 30.3 Å². The van der Waals surface area contributed by atoms with Crippen LogP contribution < -0.4 is 4.90 Å². The second-order valence-corrected chi connectivity index (χ2v) is 6.22. The number of anilines is 1. The van der Waals surface area contributed by atoms with Crippen molar-refractivity contribution in [3.8, 4) is 6.07 Å². The zero-order valence-corrected chi connectivity index (χ0v) is 14.4. The zero-order valence-electron chi connectivity index (χ0n) is 14.4. The fraction of sp³-hybridized carbons (Fsp3) is 0.263. The summed E-state index contributed by atoms with van der Waals surface area (Å²) < 4.78 is 66.1. The van der Waals surface area contributed by atoms with E-state index in [1.165, 1.54) is 11.0 Å². The van der Waals surface area contributed by atoms with E-state index >= 15 is 0 Å². The first-order chi connectivity index (χ1) is 13.2. The van der Waals surface area contributed by atoms with Gasteiger partial charge in [0.25, 0.3) is 5.91 Å². The number of benzene rings is 2. The minimum absolute atomic E-state index is 0.110. The number of alkyl halides is 3. The quantitative estimate of drug-likeness (QED) is 0.727. The molecule has 146 valence electrons. The van der Waals surface area contributed by atoms with Crippen molar-refractivity contribution < 1.29 is 26.7 Å². The Morgan fingerprint density at radius 3 is 2.14 bits per heavy atom. The summed E-state index contributed by atoms with van der Waals surface area (Å²) in [7, 11) is 0. The summed E-state index contributed by atoms with van der Waals surface area (Å²) in [6.45, 7) is 0.640. The number of rotatable bonds is 2. The summed E-state index contributed by atoms with van der Waals surface area (Å²) in [6.07, 6.45) is -4.56. The van der Waals surface area contributed by atoms with Gasteiger partial charge in [-0.3, -0.25) is 4.79 Å². The highest BCUT2D eigenvalue weighted by Gasteiger charge is 2.32. The monoisotopic (exact) mass is 395 g/mol. The van der Waals surface area contributed by atoms with Gasteiger partial charge in [0.1, 0.15) is 23.3 Å². The van der Waals surface area contributed by atoms with Crippen molar-refractivity contribution in [2.75, 3.05) is 31.1 Å². The summed E-state index contributed by atoms with van der Waals surface area (Å²) in [5.41, 5.74) is -1.37. The minimum Gasteiger partial charge on any atom is -0.367 e. The molecule has 0 radical (unpaired) electrons. The molecule has 4 nitrogen and oxygen atoms in total. The largest absolute Gasteiger partial charge is 0.416 e. The predicted molar refractivity (Wildman–Crippen MR) is 90.6 cm³/mol. The first-order valence-electron chi connectivity index (χ1n) is 8.32. The van der Waals surface area contributed by atoms with E-state index < -0.39 is 34.8 Å². The third kappa shape index (κ3) is 3.76. The van der Waals surface area contributed by atoms with Crippen molar-refractivity contribution in [1.82, 2.24) is 4.90 Å². The molecule has 0 saturated carbocycles. The van der Waals surface area contributed by atoms with Crippen LogP contribution in [0, 0.1) is 23.0 Å². The minimum atomic E-state index is -4.56. The van der Waals surface area contributed by atoms with E-state index in [-0.39, 0.29) is 31.7 Å². The van der Waals surface area contributed by atoms with Gasteiger partial charge in [0.2, 0.25) is 0 Å². The van der Waals surface area contributed by atoms with Crippen molar-refractivity contribution in [1.29, 1.82) is 5.26 Å². The number of nitriles is 1. The Morgan fingerprint density at radius 1 is 1.00 bits per heavy atom. The molecule has 0 aliphatic carbocycles. The van der Waals surface area contributed by atoms with Gasteiger partial charge >= 0.3 is 6.18 Å². The summed E-state index contributed by atoms with van der Waals surface area (Å²) in [5, 5.41) is 9.20. The fourth-order valence-corrected chi connectivity index (χ4v) is 3.09. The van der Waals surface area contributed by atoms with Crippen LogP contribution >= 0.6 is 0 Å². The molecule has 2 aromatic carbocycles. The molecule has 1 aliphatic heterocycles. The van der Waals surface area contributed by atoms with Gasteiger partial charge in [0.15, 0.2) is 0 Å². The maximum atomic E-state index is 13.8. The zero-order chi connectivity index (χ0) is 20.5. The lowest BCUT2D eigenvalue weighted by Crippen LogP contribution is -2.49.